The highest BCUT2D eigenvalue weighted by molar-refractivity contribution is 6.29. The summed E-state index contributed by atoms with van der Waals surface area (Å²) in [6.45, 7) is 3.81. The molecule has 6 heteroatoms. The summed E-state index contributed by atoms with van der Waals surface area (Å²) in [6, 6.07) is 0. The molecular weight excluding hydrogens is 372 g/mol. The minimum absolute atomic E-state index is 0.623. The van der Waals surface area contributed by atoms with Gasteiger partial charge in [0, 0.05) is 38.9 Å². The maximum Gasteiger partial charge on any atom is 0.109 e. The summed E-state index contributed by atoms with van der Waals surface area (Å²) in [5.74, 6) is 1.75. The monoisotopic (exact) mass is 406 g/mol. The highest BCUT2D eigenvalue weighted by Crippen LogP contribution is 2.37. The van der Waals surface area contributed by atoms with Crippen LogP contribution < -0.4 is 5.73 Å². The van der Waals surface area contributed by atoms with Crippen LogP contribution in [0.4, 0.5) is 0 Å². The van der Waals surface area contributed by atoms with Crippen LogP contribution in [0.15, 0.2) is 38.5 Å². The van der Waals surface area contributed by atoms with Crippen molar-refractivity contribution in [1.82, 2.24) is 9.55 Å². The van der Waals surface area contributed by atoms with E-state index >= 15 is 0 Å². The minimum atomic E-state index is 0.623. The SMILES string of the molecule is CN=C(C)C=NC(C)=CN=C(N)CCCc1nc2c(n1C)C=CCC1=C2CCCC1. The summed E-state index contributed by atoms with van der Waals surface area (Å²) in [6.07, 6.45) is 16.6. The zero-order chi connectivity index (χ0) is 21.5. The topological polar surface area (TPSA) is 80.9 Å². The van der Waals surface area contributed by atoms with Crippen molar-refractivity contribution in [1.29, 1.82) is 0 Å². The fraction of sp³-hybridized carbons (Fsp3) is 0.500. The van der Waals surface area contributed by atoms with Gasteiger partial charge in [0.15, 0.2) is 0 Å². The van der Waals surface area contributed by atoms with E-state index in [0.717, 1.165) is 49.3 Å². The summed E-state index contributed by atoms with van der Waals surface area (Å²) >= 11 is 0. The third-order valence-electron chi connectivity index (χ3n) is 5.80. The maximum atomic E-state index is 6.10. The van der Waals surface area contributed by atoms with Crippen LogP contribution in [-0.2, 0) is 13.5 Å². The van der Waals surface area contributed by atoms with Gasteiger partial charge in [0.2, 0.25) is 0 Å². The lowest BCUT2D eigenvalue weighted by atomic mass is 9.89. The molecule has 160 valence electrons. The normalized spacial score (nSPS) is 18.1. The fourth-order valence-electron chi connectivity index (χ4n) is 3.94. The van der Waals surface area contributed by atoms with Gasteiger partial charge < -0.3 is 10.3 Å². The molecule has 0 saturated carbocycles. The van der Waals surface area contributed by atoms with Gasteiger partial charge in [0.1, 0.15) is 5.82 Å². The number of aliphatic imine (C=N–C) groups is 3. The Bertz CT molecular complexity index is 953. The summed E-state index contributed by atoms with van der Waals surface area (Å²) in [5, 5.41) is 0. The van der Waals surface area contributed by atoms with Gasteiger partial charge in [-0.2, -0.15) is 0 Å². The van der Waals surface area contributed by atoms with Crippen LogP contribution in [0, 0.1) is 0 Å². The quantitative estimate of drug-likeness (QED) is 0.518. The fourth-order valence-corrected chi connectivity index (χ4v) is 3.94. The number of nitrogens with zero attached hydrogens (tertiary/aromatic N) is 5. The van der Waals surface area contributed by atoms with Crippen molar-refractivity contribution in [2.24, 2.45) is 27.8 Å². The molecule has 0 saturated heterocycles. The molecule has 2 aliphatic carbocycles. The predicted octanol–water partition coefficient (Wildman–Crippen LogP) is 4.87. The summed E-state index contributed by atoms with van der Waals surface area (Å²) in [5.41, 5.74) is 13.3. The maximum absolute atomic E-state index is 6.10. The van der Waals surface area contributed by atoms with E-state index in [9.17, 15) is 0 Å². The van der Waals surface area contributed by atoms with E-state index in [4.69, 9.17) is 10.7 Å². The third-order valence-corrected chi connectivity index (χ3v) is 5.80. The standard InChI is InChI=1S/C24H34N6/c1-17(26-3)15-27-18(2)16-28-22(25)13-8-14-23-29-24-20-11-6-5-9-19(20)10-7-12-21(24)30(23)4/h7,12,15-16H,5-6,8-11,13-14H2,1-4H3,(H2,25,28). The Balaban J connectivity index is 1.62. The number of hydrogen-bond acceptors (Lipinski definition) is 4. The van der Waals surface area contributed by atoms with Crippen LogP contribution in [0.2, 0.25) is 0 Å². The molecule has 1 aromatic rings. The van der Waals surface area contributed by atoms with Gasteiger partial charge in [-0.15, -0.1) is 0 Å². The molecule has 0 amide bonds. The first-order valence-corrected chi connectivity index (χ1v) is 10.9. The summed E-state index contributed by atoms with van der Waals surface area (Å²) in [7, 11) is 3.88. The first-order chi connectivity index (χ1) is 14.5. The van der Waals surface area contributed by atoms with E-state index in [-0.39, 0.29) is 0 Å². The number of imidazole rings is 1. The Morgan fingerprint density at radius 3 is 2.87 bits per heavy atom. The smallest absolute Gasteiger partial charge is 0.109 e. The van der Waals surface area contributed by atoms with Crippen LogP contribution >= 0.6 is 0 Å². The average Bonchev–Trinajstić information content (AvgIpc) is 2.94. The molecular formula is C24H34N6. The molecule has 0 bridgehead atoms. The van der Waals surface area contributed by atoms with Crippen LogP contribution in [0.5, 0.6) is 0 Å². The van der Waals surface area contributed by atoms with Crippen molar-refractivity contribution in [2.75, 3.05) is 7.05 Å². The Labute approximate surface area is 180 Å². The van der Waals surface area contributed by atoms with E-state index in [1.54, 1.807) is 25.0 Å². The van der Waals surface area contributed by atoms with E-state index in [2.05, 4.69) is 38.7 Å². The molecule has 0 aliphatic heterocycles. The lowest BCUT2D eigenvalue weighted by molar-refractivity contribution is 0.702. The average molecular weight is 407 g/mol. The Morgan fingerprint density at radius 2 is 2.07 bits per heavy atom. The zero-order valence-corrected chi connectivity index (χ0v) is 18.8. The van der Waals surface area contributed by atoms with Crippen LogP contribution in [0.25, 0.3) is 11.6 Å². The Hall–Kier alpha value is -2.76. The number of allylic oxidation sites excluding steroid dienone is 4. The molecule has 3 rings (SSSR count). The minimum Gasteiger partial charge on any atom is -0.387 e. The Kier molecular flexibility index (Phi) is 7.55. The molecule has 0 unspecified atom stereocenters. The molecule has 2 N–H and O–H groups in total. The second kappa shape index (κ2) is 10.3. The van der Waals surface area contributed by atoms with Crippen molar-refractivity contribution in [3.8, 4) is 0 Å². The van der Waals surface area contributed by atoms with Crippen molar-refractivity contribution in [2.45, 2.75) is 65.2 Å². The predicted molar refractivity (Wildman–Crippen MR) is 128 cm³/mol. The summed E-state index contributed by atoms with van der Waals surface area (Å²) in [4.78, 5) is 17.7. The molecule has 0 radical (unpaired) electrons. The van der Waals surface area contributed by atoms with Crippen LogP contribution in [0.1, 0.15) is 76.0 Å². The lowest BCUT2D eigenvalue weighted by Gasteiger charge is -2.17. The van der Waals surface area contributed by atoms with E-state index in [1.165, 1.54) is 36.2 Å². The van der Waals surface area contributed by atoms with E-state index < -0.39 is 0 Å². The number of fused-ring (bicyclic) bond motifs is 2. The van der Waals surface area contributed by atoms with Gasteiger partial charge in [0.05, 0.1) is 29.1 Å². The zero-order valence-electron chi connectivity index (χ0n) is 18.8. The number of aromatic nitrogens is 2. The largest absolute Gasteiger partial charge is 0.387 e. The second-order valence-corrected chi connectivity index (χ2v) is 8.08. The molecule has 1 aromatic heterocycles. The highest BCUT2D eigenvalue weighted by atomic mass is 15.1. The van der Waals surface area contributed by atoms with Crippen molar-refractivity contribution in [3.63, 3.8) is 0 Å². The van der Waals surface area contributed by atoms with Crippen molar-refractivity contribution >= 4 is 29.4 Å². The molecule has 0 atom stereocenters. The number of hydrogen-bond donors (Lipinski definition) is 1. The number of rotatable bonds is 7. The Morgan fingerprint density at radius 1 is 1.27 bits per heavy atom. The lowest BCUT2D eigenvalue weighted by Crippen LogP contribution is -2.12. The molecule has 0 aromatic carbocycles. The first kappa shape index (κ1) is 21.9. The van der Waals surface area contributed by atoms with Gasteiger partial charge in [-0.1, -0.05) is 11.6 Å². The van der Waals surface area contributed by atoms with E-state index in [1.807, 2.05) is 13.8 Å². The molecule has 0 spiro atoms. The molecule has 6 nitrogen and oxygen atoms in total. The van der Waals surface area contributed by atoms with Gasteiger partial charge >= 0.3 is 0 Å². The molecule has 2 aliphatic rings. The number of aryl methyl sites for hydroxylation is 1. The molecule has 0 fully saturated rings. The number of amidine groups is 1. The van der Waals surface area contributed by atoms with E-state index in [0.29, 0.717) is 5.84 Å². The highest BCUT2D eigenvalue weighted by Gasteiger charge is 2.22. The van der Waals surface area contributed by atoms with Crippen LogP contribution in [0.3, 0.4) is 0 Å². The second-order valence-electron chi connectivity index (χ2n) is 8.08. The molecule has 1 heterocycles. The van der Waals surface area contributed by atoms with Gasteiger partial charge in [0.25, 0.3) is 0 Å². The van der Waals surface area contributed by atoms with Crippen molar-refractivity contribution < 1.29 is 0 Å². The number of nitrogens with two attached hydrogens (primary N) is 1. The van der Waals surface area contributed by atoms with Gasteiger partial charge in [-0.3, -0.25) is 9.98 Å². The van der Waals surface area contributed by atoms with Gasteiger partial charge in [-0.25, -0.2) is 9.98 Å². The van der Waals surface area contributed by atoms with Crippen LogP contribution in [-0.4, -0.2) is 34.4 Å². The van der Waals surface area contributed by atoms with Crippen molar-refractivity contribution in [3.05, 3.63) is 40.8 Å². The summed E-state index contributed by atoms with van der Waals surface area (Å²) < 4.78 is 2.25. The first-order valence-electron chi connectivity index (χ1n) is 10.9. The van der Waals surface area contributed by atoms with Gasteiger partial charge in [-0.05, 0) is 64.0 Å². The third kappa shape index (κ3) is 5.43. The molecule has 30 heavy (non-hydrogen) atoms.